The molecule has 6 nitrogen and oxygen atoms in total. The largest absolute Gasteiger partial charge is 0.460 e. The van der Waals surface area contributed by atoms with Crippen molar-refractivity contribution in [1.82, 2.24) is 25.5 Å². The number of thioether (sulfide) groups is 1. The molecular weight excluding hydrogens is 329 g/mol. The molecular formula is C16H18FN5OS. The second kappa shape index (κ2) is 8.07. The third-order valence-electron chi connectivity index (χ3n) is 3.41. The van der Waals surface area contributed by atoms with Gasteiger partial charge >= 0.3 is 0 Å². The van der Waals surface area contributed by atoms with E-state index in [-0.39, 0.29) is 5.82 Å². The molecule has 2 aromatic heterocycles. The molecule has 1 N–H and O–H groups in total. The van der Waals surface area contributed by atoms with Gasteiger partial charge in [-0.2, -0.15) is 0 Å². The van der Waals surface area contributed by atoms with E-state index in [4.69, 9.17) is 4.42 Å². The molecule has 0 spiro atoms. The number of rotatable bonds is 8. The minimum atomic E-state index is -0.276. The number of halogens is 1. The van der Waals surface area contributed by atoms with Crippen LogP contribution in [0.25, 0.3) is 11.3 Å². The van der Waals surface area contributed by atoms with Gasteiger partial charge in [0.25, 0.3) is 0 Å². The Morgan fingerprint density at radius 1 is 1.25 bits per heavy atom. The molecule has 3 aromatic rings. The van der Waals surface area contributed by atoms with Crippen molar-refractivity contribution in [3.8, 4) is 11.3 Å². The first-order chi connectivity index (χ1) is 11.7. The van der Waals surface area contributed by atoms with Crippen molar-refractivity contribution >= 4 is 11.8 Å². The monoisotopic (exact) mass is 347 g/mol. The molecule has 8 heteroatoms. The van der Waals surface area contributed by atoms with Gasteiger partial charge in [0.1, 0.15) is 17.3 Å². The fourth-order valence-corrected chi connectivity index (χ4v) is 2.98. The Balaban J connectivity index is 1.40. The van der Waals surface area contributed by atoms with Gasteiger partial charge in [-0.05, 0) is 47.7 Å². The van der Waals surface area contributed by atoms with Crippen LogP contribution in [0.5, 0.6) is 0 Å². The highest BCUT2D eigenvalue weighted by molar-refractivity contribution is 7.99. The minimum Gasteiger partial charge on any atom is -0.460 e. The van der Waals surface area contributed by atoms with Crippen molar-refractivity contribution in [2.75, 3.05) is 12.3 Å². The summed E-state index contributed by atoms with van der Waals surface area (Å²) >= 11 is 1.62. The fourth-order valence-electron chi connectivity index (χ4n) is 2.19. The smallest absolute Gasteiger partial charge is 0.209 e. The first-order valence-corrected chi connectivity index (χ1v) is 8.62. The van der Waals surface area contributed by atoms with Crippen LogP contribution in [0.1, 0.15) is 12.2 Å². The molecule has 24 heavy (non-hydrogen) atoms. The third kappa shape index (κ3) is 4.21. The topological polar surface area (TPSA) is 68.8 Å². The Morgan fingerprint density at radius 2 is 2.12 bits per heavy atom. The fraction of sp³-hybridized carbons (Fsp3) is 0.312. The molecule has 0 saturated heterocycles. The number of hydrogen-bond acceptors (Lipinski definition) is 6. The van der Waals surface area contributed by atoms with Crippen molar-refractivity contribution in [1.29, 1.82) is 0 Å². The van der Waals surface area contributed by atoms with E-state index < -0.39 is 0 Å². The summed E-state index contributed by atoms with van der Waals surface area (Å²) in [4.78, 5) is 0. The Kier molecular flexibility index (Phi) is 5.60. The van der Waals surface area contributed by atoms with Gasteiger partial charge in [-0.3, -0.25) is 0 Å². The van der Waals surface area contributed by atoms with Crippen LogP contribution < -0.4 is 5.32 Å². The summed E-state index contributed by atoms with van der Waals surface area (Å²) in [5, 5.41) is 15.4. The van der Waals surface area contributed by atoms with Crippen molar-refractivity contribution in [3.63, 3.8) is 0 Å². The summed E-state index contributed by atoms with van der Waals surface area (Å²) in [6, 6.07) is 10.3. The minimum absolute atomic E-state index is 0.276. The Morgan fingerprint density at radius 3 is 2.92 bits per heavy atom. The van der Waals surface area contributed by atoms with Crippen LogP contribution in [-0.2, 0) is 13.6 Å². The zero-order valence-corrected chi connectivity index (χ0v) is 14.1. The normalized spacial score (nSPS) is 11.1. The maximum absolute atomic E-state index is 13.7. The van der Waals surface area contributed by atoms with Gasteiger partial charge < -0.3 is 9.73 Å². The summed E-state index contributed by atoms with van der Waals surface area (Å²) in [6.07, 6.45) is 0.985. The van der Waals surface area contributed by atoms with E-state index in [2.05, 4.69) is 20.8 Å². The predicted octanol–water partition coefficient (Wildman–Crippen LogP) is 2.88. The Labute approximate surface area is 143 Å². The van der Waals surface area contributed by atoms with Gasteiger partial charge in [-0.15, -0.1) is 5.10 Å². The molecule has 0 atom stereocenters. The molecule has 0 aliphatic carbocycles. The molecule has 0 bridgehead atoms. The molecule has 0 aliphatic rings. The SMILES string of the molecule is Cn1nnnc1SCCCNCc1ccc(-c2ccccc2F)o1. The maximum Gasteiger partial charge on any atom is 0.209 e. The predicted molar refractivity (Wildman–Crippen MR) is 89.9 cm³/mol. The third-order valence-corrected chi connectivity index (χ3v) is 4.51. The second-order valence-corrected chi connectivity index (χ2v) is 6.27. The summed E-state index contributed by atoms with van der Waals surface area (Å²) < 4.78 is 21.1. The quantitative estimate of drug-likeness (QED) is 0.499. The van der Waals surface area contributed by atoms with Crippen molar-refractivity contribution in [2.45, 2.75) is 18.1 Å². The Hall–Kier alpha value is -2.19. The zero-order chi connectivity index (χ0) is 16.8. The molecule has 126 valence electrons. The number of nitrogens with one attached hydrogen (secondary N) is 1. The maximum atomic E-state index is 13.7. The number of furan rings is 1. The molecule has 0 amide bonds. The molecule has 0 fully saturated rings. The van der Waals surface area contributed by atoms with Crippen LogP contribution in [-0.4, -0.2) is 32.5 Å². The lowest BCUT2D eigenvalue weighted by Gasteiger charge is -2.03. The van der Waals surface area contributed by atoms with E-state index >= 15 is 0 Å². The lowest BCUT2D eigenvalue weighted by molar-refractivity contribution is 0.490. The highest BCUT2D eigenvalue weighted by atomic mass is 32.2. The Bertz CT molecular complexity index is 788. The molecule has 2 heterocycles. The van der Waals surface area contributed by atoms with E-state index in [1.54, 1.807) is 40.7 Å². The van der Waals surface area contributed by atoms with Gasteiger partial charge in [0.2, 0.25) is 5.16 Å². The number of hydrogen-bond donors (Lipinski definition) is 1. The average Bonchev–Trinajstić information content (AvgIpc) is 3.20. The number of aromatic nitrogens is 4. The lowest BCUT2D eigenvalue weighted by Crippen LogP contribution is -2.14. The van der Waals surface area contributed by atoms with Gasteiger partial charge in [0, 0.05) is 12.8 Å². The lowest BCUT2D eigenvalue weighted by atomic mass is 10.1. The summed E-state index contributed by atoms with van der Waals surface area (Å²) in [6.45, 7) is 1.47. The first kappa shape index (κ1) is 16.7. The molecule has 1 aromatic carbocycles. The van der Waals surface area contributed by atoms with Crippen LogP contribution in [0.15, 0.2) is 46.0 Å². The van der Waals surface area contributed by atoms with Crippen molar-refractivity contribution in [3.05, 3.63) is 48.0 Å². The number of tetrazole rings is 1. The van der Waals surface area contributed by atoms with E-state index in [1.807, 2.05) is 13.1 Å². The highest BCUT2D eigenvalue weighted by Crippen LogP contribution is 2.24. The summed E-state index contributed by atoms with van der Waals surface area (Å²) in [5.74, 6) is 2.00. The summed E-state index contributed by atoms with van der Waals surface area (Å²) in [7, 11) is 1.82. The van der Waals surface area contributed by atoms with E-state index in [9.17, 15) is 4.39 Å². The molecule has 0 saturated carbocycles. The van der Waals surface area contributed by atoms with Gasteiger partial charge in [-0.1, -0.05) is 23.9 Å². The van der Waals surface area contributed by atoms with Crippen molar-refractivity contribution < 1.29 is 8.81 Å². The standard InChI is InChI=1S/C16H18FN5OS/c1-22-16(19-20-21-22)24-10-4-9-18-11-12-7-8-15(23-12)13-5-2-3-6-14(13)17/h2-3,5-8,18H,4,9-11H2,1H3. The molecule has 0 unspecified atom stereocenters. The van der Waals surface area contributed by atoms with Crippen LogP contribution in [0.4, 0.5) is 4.39 Å². The molecule has 3 rings (SSSR count). The number of aryl methyl sites for hydroxylation is 1. The molecule has 0 aliphatic heterocycles. The second-order valence-electron chi connectivity index (χ2n) is 5.21. The average molecular weight is 347 g/mol. The highest BCUT2D eigenvalue weighted by Gasteiger charge is 2.08. The van der Waals surface area contributed by atoms with E-state index in [0.29, 0.717) is 17.9 Å². The summed E-state index contributed by atoms with van der Waals surface area (Å²) in [5.41, 5.74) is 0.484. The first-order valence-electron chi connectivity index (χ1n) is 7.63. The van der Waals surface area contributed by atoms with Crippen LogP contribution >= 0.6 is 11.8 Å². The number of nitrogens with zero attached hydrogens (tertiary/aromatic N) is 4. The molecule has 0 radical (unpaired) electrons. The van der Waals surface area contributed by atoms with E-state index in [0.717, 1.165) is 29.6 Å². The number of benzene rings is 1. The van der Waals surface area contributed by atoms with Gasteiger partial charge in [-0.25, -0.2) is 9.07 Å². The van der Waals surface area contributed by atoms with Crippen LogP contribution in [0, 0.1) is 5.82 Å². The van der Waals surface area contributed by atoms with Gasteiger partial charge in [0.05, 0.1) is 12.1 Å². The van der Waals surface area contributed by atoms with E-state index in [1.165, 1.54) is 6.07 Å². The van der Waals surface area contributed by atoms with Gasteiger partial charge in [0.15, 0.2) is 0 Å². The van der Waals surface area contributed by atoms with Crippen LogP contribution in [0.2, 0.25) is 0 Å². The zero-order valence-electron chi connectivity index (χ0n) is 13.3. The van der Waals surface area contributed by atoms with Crippen molar-refractivity contribution in [2.24, 2.45) is 7.05 Å². The van der Waals surface area contributed by atoms with Crippen LogP contribution in [0.3, 0.4) is 0 Å².